The van der Waals surface area contributed by atoms with E-state index in [-0.39, 0.29) is 30.2 Å². The van der Waals surface area contributed by atoms with Crippen molar-refractivity contribution in [1.29, 1.82) is 0 Å². The van der Waals surface area contributed by atoms with E-state index in [0.717, 1.165) is 37.9 Å². The van der Waals surface area contributed by atoms with E-state index in [1.165, 1.54) is 47.1 Å². The van der Waals surface area contributed by atoms with Crippen LogP contribution in [0.3, 0.4) is 0 Å². The molecular formula is C33H33F5N6O9S. The van der Waals surface area contributed by atoms with Crippen molar-refractivity contribution in [3.63, 3.8) is 0 Å². The molecular weight excluding hydrogens is 751 g/mol. The van der Waals surface area contributed by atoms with E-state index in [1.54, 1.807) is 6.07 Å². The summed E-state index contributed by atoms with van der Waals surface area (Å²) < 4.78 is 103. The zero-order valence-electron chi connectivity index (χ0n) is 28.6. The Hall–Kier alpha value is -4.70. The number of thioether (sulfide) groups is 1. The molecule has 2 aliphatic heterocycles. The zero-order valence-corrected chi connectivity index (χ0v) is 29.4. The van der Waals surface area contributed by atoms with Crippen LogP contribution in [0.15, 0.2) is 48.8 Å². The van der Waals surface area contributed by atoms with Crippen LogP contribution in [0, 0.1) is 17.5 Å². The Morgan fingerprint density at radius 2 is 1.67 bits per heavy atom. The monoisotopic (exact) mass is 784 g/mol. The highest BCUT2D eigenvalue weighted by Gasteiger charge is 2.52. The van der Waals surface area contributed by atoms with Crippen molar-refractivity contribution in [3.8, 4) is 28.3 Å². The molecule has 0 amide bonds. The number of benzene rings is 2. The van der Waals surface area contributed by atoms with Gasteiger partial charge in [-0.1, -0.05) is 22.6 Å². The van der Waals surface area contributed by atoms with Crippen LogP contribution >= 0.6 is 11.8 Å². The summed E-state index contributed by atoms with van der Waals surface area (Å²) in [5.41, 5.74) is -0.468. The second-order valence-electron chi connectivity index (χ2n) is 12.2. The maximum absolute atomic E-state index is 14.1. The third kappa shape index (κ3) is 8.49. The summed E-state index contributed by atoms with van der Waals surface area (Å²) in [5.74, 6) is -6.09. The molecule has 4 heterocycles. The molecule has 0 spiro atoms. The predicted molar refractivity (Wildman–Crippen MR) is 175 cm³/mol. The van der Waals surface area contributed by atoms with Crippen molar-refractivity contribution in [1.82, 2.24) is 30.0 Å². The number of aliphatic hydroxyl groups is 1. The van der Waals surface area contributed by atoms with Crippen LogP contribution in [0.2, 0.25) is 0 Å². The minimum absolute atomic E-state index is 0.0298. The number of aliphatic hydroxyl groups excluding tert-OH is 1. The second-order valence-corrected chi connectivity index (χ2v) is 13.5. The van der Waals surface area contributed by atoms with Crippen molar-refractivity contribution in [2.45, 2.75) is 67.1 Å². The fourth-order valence-corrected chi connectivity index (χ4v) is 7.74. The molecule has 0 unspecified atom stereocenters. The Kier molecular flexibility index (Phi) is 12.1. The molecule has 1 N–H and O–H groups in total. The van der Waals surface area contributed by atoms with Crippen molar-refractivity contribution < 1.29 is 65.1 Å². The molecule has 0 bridgehead atoms. The first kappa shape index (κ1) is 39.0. The molecule has 6 rings (SSSR count). The summed E-state index contributed by atoms with van der Waals surface area (Å²) in [4.78, 5) is 25.0. The van der Waals surface area contributed by atoms with Crippen LogP contribution in [-0.2, 0) is 33.3 Å². The topological polar surface area (TPSA) is 171 Å². The van der Waals surface area contributed by atoms with Crippen LogP contribution in [0.4, 0.5) is 22.0 Å². The number of carbonyl (C=O) groups is 2. The van der Waals surface area contributed by atoms with Crippen molar-refractivity contribution >= 4 is 23.7 Å². The third-order valence-corrected chi connectivity index (χ3v) is 10.2. The maximum atomic E-state index is 14.1. The van der Waals surface area contributed by atoms with E-state index in [9.17, 15) is 36.6 Å². The van der Waals surface area contributed by atoms with Gasteiger partial charge >= 0.3 is 18.6 Å². The summed E-state index contributed by atoms with van der Waals surface area (Å²) in [6.07, 6.45) is -2.19. The number of aromatic nitrogens is 6. The number of ether oxygens (including phenoxy) is 6. The van der Waals surface area contributed by atoms with E-state index in [2.05, 4.69) is 25.4 Å². The van der Waals surface area contributed by atoms with Crippen LogP contribution in [0.25, 0.3) is 22.5 Å². The summed E-state index contributed by atoms with van der Waals surface area (Å²) in [7, 11) is 2.51. The van der Waals surface area contributed by atoms with Crippen LogP contribution in [0.5, 0.6) is 5.75 Å². The minimum Gasteiger partial charge on any atom is -0.469 e. The summed E-state index contributed by atoms with van der Waals surface area (Å²) in [5, 5.41) is 27.3. The van der Waals surface area contributed by atoms with Gasteiger partial charge in [-0.2, -0.15) is 8.78 Å². The molecule has 4 aromatic rings. The van der Waals surface area contributed by atoms with Gasteiger partial charge in [-0.05, 0) is 24.3 Å². The SMILES string of the molecule is COC(=O)C[C@H]1O[C@@H](S[C@@H]2COC[C@H](n3cc(-c4cccc(OC(F)F)c4)nn3)[C@H]2O)[C@H](OC)[C@@H](n2cc(-c3cc(F)c(F)c(F)c3)nn2)[C@H]1OC(C)=O. The molecule has 0 radical (unpaired) electrons. The molecule has 2 aromatic heterocycles. The van der Waals surface area contributed by atoms with Crippen molar-refractivity contribution in [2.75, 3.05) is 27.4 Å². The van der Waals surface area contributed by atoms with Gasteiger partial charge in [0.2, 0.25) is 0 Å². The Balaban J connectivity index is 1.29. The number of carbonyl (C=O) groups excluding carboxylic acids is 2. The van der Waals surface area contributed by atoms with Gasteiger partial charge in [0.15, 0.2) is 23.6 Å². The highest BCUT2D eigenvalue weighted by molar-refractivity contribution is 8.00. The smallest absolute Gasteiger partial charge is 0.387 e. The van der Waals surface area contributed by atoms with Crippen LogP contribution in [-0.4, -0.2) is 116 Å². The van der Waals surface area contributed by atoms with Crippen LogP contribution in [0.1, 0.15) is 25.4 Å². The van der Waals surface area contributed by atoms with Gasteiger partial charge < -0.3 is 33.5 Å². The Bertz CT molecular complexity index is 1930. The highest BCUT2D eigenvalue weighted by atomic mass is 32.2. The number of nitrogens with zero attached hydrogens (tertiary/aromatic N) is 6. The lowest BCUT2D eigenvalue weighted by atomic mass is 9.94. The van der Waals surface area contributed by atoms with E-state index < -0.39 is 89.6 Å². The standard InChI is InChI=1S/C33H33F5N6O9S/c1-15(45)51-30-24(10-26(46)48-2)53-32(31(49-3)28(30)44-12-22(40-42-44)17-8-19(34)27(36)20(35)9-17)54-25-14-50-13-23(29(25)47)43-11-21(39-41-43)16-5-4-6-18(7-16)52-33(37)38/h4-9,11-12,23-25,28-33,47H,10,13-14H2,1-3H3/t23-,24+,25+,28-,29+,30-,31+,32-/m0/s1. The van der Waals surface area contributed by atoms with Gasteiger partial charge in [0.1, 0.15) is 46.9 Å². The average Bonchev–Trinajstić information content (AvgIpc) is 3.83. The highest BCUT2D eigenvalue weighted by Crippen LogP contribution is 2.43. The quantitative estimate of drug-likeness (QED) is 0.125. The van der Waals surface area contributed by atoms with E-state index in [1.807, 2.05) is 0 Å². The number of rotatable bonds is 12. The first-order valence-electron chi connectivity index (χ1n) is 16.2. The van der Waals surface area contributed by atoms with Gasteiger partial charge in [0.05, 0.1) is 50.5 Å². The Morgan fingerprint density at radius 3 is 2.33 bits per heavy atom. The van der Waals surface area contributed by atoms with E-state index >= 15 is 0 Å². The van der Waals surface area contributed by atoms with Gasteiger partial charge in [0.25, 0.3) is 0 Å². The number of esters is 2. The molecule has 2 saturated heterocycles. The molecule has 54 heavy (non-hydrogen) atoms. The molecule has 2 aliphatic rings. The molecule has 15 nitrogen and oxygen atoms in total. The summed E-state index contributed by atoms with van der Waals surface area (Å²) in [6.45, 7) is -1.81. The fraction of sp³-hybridized carbons (Fsp3) is 0.455. The largest absolute Gasteiger partial charge is 0.469 e. The zero-order chi connectivity index (χ0) is 38.7. The van der Waals surface area contributed by atoms with Crippen molar-refractivity contribution in [3.05, 3.63) is 66.2 Å². The molecule has 290 valence electrons. The first-order chi connectivity index (χ1) is 25.9. The number of methoxy groups -OCH3 is 2. The Labute approximate surface area is 307 Å². The average molecular weight is 785 g/mol. The van der Waals surface area contributed by atoms with Crippen LogP contribution < -0.4 is 4.74 Å². The molecule has 2 fully saturated rings. The Morgan fingerprint density at radius 1 is 0.981 bits per heavy atom. The number of alkyl halides is 2. The number of halogens is 5. The third-order valence-electron chi connectivity index (χ3n) is 8.74. The van der Waals surface area contributed by atoms with Gasteiger partial charge in [-0.3, -0.25) is 9.59 Å². The molecule has 2 aromatic carbocycles. The molecule has 0 aliphatic carbocycles. The maximum Gasteiger partial charge on any atom is 0.387 e. The molecule has 0 saturated carbocycles. The van der Waals surface area contributed by atoms with E-state index in [4.69, 9.17) is 23.7 Å². The normalized spacial score (nSPS) is 25.7. The summed E-state index contributed by atoms with van der Waals surface area (Å²) >= 11 is 1.09. The lowest BCUT2D eigenvalue weighted by Crippen LogP contribution is -2.57. The lowest BCUT2D eigenvalue weighted by molar-refractivity contribution is -0.203. The van der Waals surface area contributed by atoms with Gasteiger partial charge in [-0.25, -0.2) is 22.5 Å². The minimum atomic E-state index is -3.02. The van der Waals surface area contributed by atoms with Crippen molar-refractivity contribution in [2.24, 2.45) is 0 Å². The second kappa shape index (κ2) is 16.8. The number of hydrogen-bond acceptors (Lipinski definition) is 14. The summed E-state index contributed by atoms with van der Waals surface area (Å²) in [6, 6.07) is 5.51. The van der Waals surface area contributed by atoms with E-state index in [0.29, 0.717) is 11.3 Å². The van der Waals surface area contributed by atoms with Gasteiger partial charge in [0, 0.05) is 25.2 Å². The van der Waals surface area contributed by atoms with Gasteiger partial charge in [-0.15, -0.1) is 22.0 Å². The molecule has 21 heteroatoms. The molecule has 8 atom stereocenters. The fourth-order valence-electron chi connectivity index (χ4n) is 6.24. The first-order valence-corrected chi connectivity index (χ1v) is 17.2. The predicted octanol–water partition coefficient (Wildman–Crippen LogP) is 3.73. The lowest BCUT2D eigenvalue weighted by Gasteiger charge is -2.46. The number of hydrogen-bond donors (Lipinski definition) is 1.